The van der Waals surface area contributed by atoms with Crippen molar-refractivity contribution in [2.24, 2.45) is 0 Å². The van der Waals surface area contributed by atoms with Crippen LogP contribution in [0.3, 0.4) is 0 Å². The van der Waals surface area contributed by atoms with Gasteiger partial charge in [-0.3, -0.25) is 4.79 Å². The van der Waals surface area contributed by atoms with Crippen LogP contribution in [0.15, 0.2) is 23.1 Å². The number of nitrogens with zero attached hydrogens (tertiary/aromatic N) is 3. The van der Waals surface area contributed by atoms with Crippen molar-refractivity contribution in [1.82, 2.24) is 19.7 Å². The quantitative estimate of drug-likeness (QED) is 0.758. The van der Waals surface area contributed by atoms with Gasteiger partial charge in [0.2, 0.25) is 10.0 Å². The number of sulfonamides is 1. The molecule has 1 aliphatic rings. The molecule has 0 saturated carbocycles. The first-order valence-corrected chi connectivity index (χ1v) is 11.2. The van der Waals surface area contributed by atoms with Crippen LogP contribution in [0.2, 0.25) is 0 Å². The zero-order chi connectivity index (χ0) is 20.3. The molecular formula is C19H27N5O3S. The Morgan fingerprint density at radius 3 is 2.54 bits per heavy atom. The van der Waals surface area contributed by atoms with E-state index in [1.807, 2.05) is 26.0 Å². The SMILES string of the molecule is CCCS(=O)(=O)NC1CCN(c2ccc(-c3nc(C)c(C)c(=O)[nH]3)cn2)CC1. The largest absolute Gasteiger partial charge is 0.357 e. The van der Waals surface area contributed by atoms with E-state index in [1.54, 1.807) is 13.1 Å². The molecule has 3 heterocycles. The van der Waals surface area contributed by atoms with E-state index in [4.69, 9.17) is 0 Å². The predicted molar refractivity (Wildman–Crippen MR) is 110 cm³/mol. The minimum Gasteiger partial charge on any atom is -0.357 e. The van der Waals surface area contributed by atoms with Crippen LogP contribution in [0.1, 0.15) is 37.4 Å². The molecule has 1 fully saturated rings. The van der Waals surface area contributed by atoms with Crippen molar-refractivity contribution < 1.29 is 8.42 Å². The maximum absolute atomic E-state index is 11.9. The molecule has 0 atom stereocenters. The van der Waals surface area contributed by atoms with Gasteiger partial charge >= 0.3 is 0 Å². The van der Waals surface area contributed by atoms with Gasteiger partial charge in [-0.2, -0.15) is 0 Å². The molecule has 0 amide bonds. The Kier molecular flexibility index (Phi) is 6.14. The van der Waals surface area contributed by atoms with E-state index >= 15 is 0 Å². The third-order valence-electron chi connectivity index (χ3n) is 5.05. The highest BCUT2D eigenvalue weighted by atomic mass is 32.2. The van der Waals surface area contributed by atoms with Crippen LogP contribution in [-0.2, 0) is 10.0 Å². The first-order valence-electron chi connectivity index (χ1n) is 9.58. The molecular weight excluding hydrogens is 378 g/mol. The van der Waals surface area contributed by atoms with Crippen molar-refractivity contribution in [2.45, 2.75) is 46.1 Å². The van der Waals surface area contributed by atoms with Gasteiger partial charge in [0.25, 0.3) is 5.56 Å². The Morgan fingerprint density at radius 2 is 1.96 bits per heavy atom. The van der Waals surface area contributed by atoms with Gasteiger partial charge < -0.3 is 9.88 Å². The second-order valence-corrected chi connectivity index (χ2v) is 9.10. The summed E-state index contributed by atoms with van der Waals surface area (Å²) >= 11 is 0. The van der Waals surface area contributed by atoms with E-state index in [-0.39, 0.29) is 17.4 Å². The number of rotatable bonds is 6. The van der Waals surface area contributed by atoms with E-state index in [1.165, 1.54) is 0 Å². The molecule has 9 heteroatoms. The molecule has 152 valence electrons. The predicted octanol–water partition coefficient (Wildman–Crippen LogP) is 1.75. The van der Waals surface area contributed by atoms with Crippen molar-refractivity contribution >= 4 is 15.8 Å². The Balaban J connectivity index is 1.65. The number of nitrogens with one attached hydrogen (secondary N) is 2. The van der Waals surface area contributed by atoms with Crippen molar-refractivity contribution in [3.8, 4) is 11.4 Å². The lowest BCUT2D eigenvalue weighted by molar-refractivity contribution is 0.458. The number of aryl methyl sites for hydroxylation is 1. The summed E-state index contributed by atoms with van der Waals surface area (Å²) < 4.78 is 26.6. The van der Waals surface area contributed by atoms with Crippen molar-refractivity contribution in [3.05, 3.63) is 39.9 Å². The number of hydrogen-bond donors (Lipinski definition) is 2. The topological polar surface area (TPSA) is 108 Å². The highest BCUT2D eigenvalue weighted by Gasteiger charge is 2.23. The zero-order valence-corrected chi connectivity index (χ0v) is 17.3. The second kappa shape index (κ2) is 8.40. The lowest BCUT2D eigenvalue weighted by atomic mass is 10.1. The fourth-order valence-electron chi connectivity index (χ4n) is 3.30. The van der Waals surface area contributed by atoms with Crippen LogP contribution in [0, 0.1) is 13.8 Å². The summed E-state index contributed by atoms with van der Waals surface area (Å²) in [6.07, 6.45) is 3.82. The number of H-pyrrole nitrogens is 1. The van der Waals surface area contributed by atoms with E-state index in [9.17, 15) is 13.2 Å². The van der Waals surface area contributed by atoms with E-state index in [2.05, 4.69) is 24.6 Å². The van der Waals surface area contributed by atoms with Crippen LogP contribution in [0.25, 0.3) is 11.4 Å². The van der Waals surface area contributed by atoms with Gasteiger partial charge in [-0.25, -0.2) is 23.1 Å². The molecule has 2 aromatic heterocycles. The number of piperidine rings is 1. The van der Waals surface area contributed by atoms with Crippen molar-refractivity contribution in [3.63, 3.8) is 0 Å². The van der Waals surface area contributed by atoms with Gasteiger partial charge in [-0.05, 0) is 45.2 Å². The second-order valence-electron chi connectivity index (χ2n) is 7.23. The summed E-state index contributed by atoms with van der Waals surface area (Å²) in [5.74, 6) is 1.52. The molecule has 0 unspecified atom stereocenters. The molecule has 28 heavy (non-hydrogen) atoms. The number of anilines is 1. The van der Waals surface area contributed by atoms with Gasteiger partial charge in [-0.1, -0.05) is 6.92 Å². The summed E-state index contributed by atoms with van der Waals surface area (Å²) in [4.78, 5) is 25.8. The van der Waals surface area contributed by atoms with E-state index in [0.717, 1.165) is 37.3 Å². The molecule has 2 aromatic rings. The van der Waals surface area contributed by atoms with Gasteiger partial charge in [0.15, 0.2) is 0 Å². The fraction of sp³-hybridized carbons (Fsp3) is 0.526. The van der Waals surface area contributed by atoms with Crippen molar-refractivity contribution in [2.75, 3.05) is 23.7 Å². The molecule has 8 nitrogen and oxygen atoms in total. The highest BCUT2D eigenvalue weighted by molar-refractivity contribution is 7.89. The zero-order valence-electron chi connectivity index (χ0n) is 16.5. The summed E-state index contributed by atoms with van der Waals surface area (Å²) in [7, 11) is -3.18. The minimum atomic E-state index is -3.18. The average molecular weight is 406 g/mol. The monoisotopic (exact) mass is 405 g/mol. The van der Waals surface area contributed by atoms with Crippen LogP contribution >= 0.6 is 0 Å². The molecule has 0 aromatic carbocycles. The number of aromatic amines is 1. The van der Waals surface area contributed by atoms with Crippen molar-refractivity contribution in [1.29, 1.82) is 0 Å². The maximum atomic E-state index is 11.9. The highest BCUT2D eigenvalue weighted by Crippen LogP contribution is 2.21. The van der Waals surface area contributed by atoms with Gasteiger partial charge in [0.1, 0.15) is 11.6 Å². The lowest BCUT2D eigenvalue weighted by Crippen LogP contribution is -2.45. The molecule has 0 bridgehead atoms. The fourth-order valence-corrected chi connectivity index (χ4v) is 4.70. The van der Waals surface area contributed by atoms with E-state index < -0.39 is 10.0 Å². The molecule has 1 saturated heterocycles. The third-order valence-corrected chi connectivity index (χ3v) is 6.69. The van der Waals surface area contributed by atoms with Crippen LogP contribution < -0.4 is 15.2 Å². The maximum Gasteiger partial charge on any atom is 0.254 e. The molecule has 3 rings (SSSR count). The Labute approximate surface area is 165 Å². The number of hydrogen-bond acceptors (Lipinski definition) is 6. The van der Waals surface area contributed by atoms with Gasteiger partial charge in [0.05, 0.1) is 5.75 Å². The molecule has 0 aliphatic carbocycles. The molecule has 1 aliphatic heterocycles. The number of pyridine rings is 1. The first-order chi connectivity index (χ1) is 13.3. The number of aromatic nitrogens is 3. The summed E-state index contributed by atoms with van der Waals surface area (Å²) in [6, 6.07) is 3.79. The van der Waals surface area contributed by atoms with E-state index in [0.29, 0.717) is 23.5 Å². The van der Waals surface area contributed by atoms with Gasteiger partial charge in [0, 0.05) is 42.1 Å². The molecule has 0 spiro atoms. The normalized spacial score (nSPS) is 15.8. The Morgan fingerprint density at radius 1 is 1.25 bits per heavy atom. The van der Waals surface area contributed by atoms with Crippen LogP contribution in [0.4, 0.5) is 5.82 Å². The minimum absolute atomic E-state index is 0.0168. The van der Waals surface area contributed by atoms with Gasteiger partial charge in [-0.15, -0.1) is 0 Å². The lowest BCUT2D eigenvalue weighted by Gasteiger charge is -2.33. The average Bonchev–Trinajstić information content (AvgIpc) is 2.66. The summed E-state index contributed by atoms with van der Waals surface area (Å²) in [5, 5.41) is 0. The van der Waals surface area contributed by atoms with Crippen LogP contribution in [0.5, 0.6) is 0 Å². The molecule has 0 radical (unpaired) electrons. The third kappa shape index (κ3) is 4.77. The molecule has 2 N–H and O–H groups in total. The Hall–Kier alpha value is -2.26. The summed E-state index contributed by atoms with van der Waals surface area (Å²) in [6.45, 7) is 6.90. The first kappa shape index (κ1) is 20.5. The standard InChI is InChI=1S/C19H27N5O3S/c1-4-11-28(26,27)23-16-7-9-24(10-8-16)17-6-5-15(12-20-17)18-21-14(3)13(2)19(25)22-18/h5-6,12,16,23H,4,7-11H2,1-3H3,(H,21,22,25). The summed E-state index contributed by atoms with van der Waals surface area (Å²) in [5.41, 5.74) is 1.94. The van der Waals surface area contributed by atoms with Crippen LogP contribution in [-0.4, -0.2) is 48.3 Å². The Bertz CT molecular complexity index is 978. The smallest absolute Gasteiger partial charge is 0.254 e.